The van der Waals surface area contributed by atoms with E-state index in [0.29, 0.717) is 23.9 Å². The fourth-order valence-corrected chi connectivity index (χ4v) is 3.57. The van der Waals surface area contributed by atoms with Gasteiger partial charge in [0.2, 0.25) is 5.95 Å². The fraction of sp³-hybridized carbons (Fsp3) is 0.318. The van der Waals surface area contributed by atoms with E-state index in [0.717, 1.165) is 26.2 Å². The lowest BCUT2D eigenvalue weighted by molar-refractivity contribution is 0.612. The predicted molar refractivity (Wildman–Crippen MR) is 114 cm³/mol. The van der Waals surface area contributed by atoms with Crippen LogP contribution < -0.4 is 15.1 Å². The second kappa shape index (κ2) is 8.43. The Labute approximate surface area is 170 Å². The zero-order valence-corrected chi connectivity index (χ0v) is 16.8. The first-order valence-electron chi connectivity index (χ1n) is 9.85. The highest BCUT2D eigenvalue weighted by Crippen LogP contribution is 2.24. The molecule has 2 aromatic carbocycles. The van der Waals surface area contributed by atoms with Crippen LogP contribution in [0.4, 0.5) is 21.8 Å². The van der Waals surface area contributed by atoms with E-state index in [2.05, 4.69) is 62.3 Å². The molecular weight excluding hydrogens is 367 g/mol. The Morgan fingerprint density at radius 1 is 0.966 bits per heavy atom. The number of piperazine rings is 1. The van der Waals surface area contributed by atoms with Crippen LogP contribution in [0.25, 0.3) is 0 Å². The van der Waals surface area contributed by atoms with Crippen LogP contribution in [-0.4, -0.2) is 41.4 Å². The van der Waals surface area contributed by atoms with Crippen molar-refractivity contribution in [3.63, 3.8) is 0 Å². The molecule has 3 aromatic rings. The van der Waals surface area contributed by atoms with E-state index in [1.807, 2.05) is 6.07 Å². The van der Waals surface area contributed by atoms with E-state index >= 15 is 0 Å². The van der Waals surface area contributed by atoms with Crippen molar-refractivity contribution in [3.8, 4) is 0 Å². The van der Waals surface area contributed by atoms with Crippen molar-refractivity contribution in [1.82, 2.24) is 15.2 Å². The molecule has 0 saturated carbocycles. The Morgan fingerprint density at radius 3 is 2.52 bits per heavy atom. The molecule has 1 aliphatic heterocycles. The smallest absolute Gasteiger partial charge is 0.247 e. The Morgan fingerprint density at radius 2 is 1.72 bits per heavy atom. The van der Waals surface area contributed by atoms with Gasteiger partial charge in [0.15, 0.2) is 5.82 Å². The summed E-state index contributed by atoms with van der Waals surface area (Å²) >= 11 is 0. The van der Waals surface area contributed by atoms with Gasteiger partial charge in [-0.05, 0) is 37.1 Å². The minimum atomic E-state index is -0.232. The summed E-state index contributed by atoms with van der Waals surface area (Å²) in [5, 5.41) is 11.4. The second-order valence-electron chi connectivity index (χ2n) is 7.28. The second-order valence-corrected chi connectivity index (χ2v) is 7.28. The molecule has 1 saturated heterocycles. The summed E-state index contributed by atoms with van der Waals surface area (Å²) in [6.45, 7) is 8.13. The van der Waals surface area contributed by atoms with Crippen LogP contribution in [0.5, 0.6) is 0 Å². The molecule has 0 aliphatic carbocycles. The van der Waals surface area contributed by atoms with Gasteiger partial charge in [0.1, 0.15) is 5.82 Å². The average Bonchev–Trinajstić information content (AvgIpc) is 2.75. The summed E-state index contributed by atoms with van der Waals surface area (Å²) in [6, 6.07) is 13.2. The molecule has 1 N–H and O–H groups in total. The quantitative estimate of drug-likeness (QED) is 0.716. The normalized spacial score (nSPS) is 14.2. The van der Waals surface area contributed by atoms with E-state index in [1.54, 1.807) is 18.3 Å². The lowest BCUT2D eigenvalue weighted by Gasteiger charge is -2.36. The van der Waals surface area contributed by atoms with Crippen LogP contribution in [0.3, 0.4) is 0 Å². The number of hydrogen-bond donors (Lipinski definition) is 1. The third-order valence-corrected chi connectivity index (χ3v) is 5.44. The van der Waals surface area contributed by atoms with E-state index < -0.39 is 0 Å². The highest BCUT2D eigenvalue weighted by atomic mass is 19.1. The molecule has 0 amide bonds. The monoisotopic (exact) mass is 392 g/mol. The van der Waals surface area contributed by atoms with Crippen molar-refractivity contribution in [2.45, 2.75) is 20.4 Å². The number of anilines is 3. The number of benzene rings is 2. The predicted octanol–water partition coefficient (Wildman–Crippen LogP) is 3.57. The highest BCUT2D eigenvalue weighted by Gasteiger charge is 2.21. The van der Waals surface area contributed by atoms with Crippen molar-refractivity contribution in [1.29, 1.82) is 0 Å². The van der Waals surface area contributed by atoms with Gasteiger partial charge < -0.3 is 15.1 Å². The van der Waals surface area contributed by atoms with Crippen LogP contribution in [0.1, 0.15) is 16.7 Å². The Bertz CT molecular complexity index is 985. The molecule has 2 heterocycles. The maximum absolute atomic E-state index is 13.8. The molecule has 7 heteroatoms. The van der Waals surface area contributed by atoms with Crippen LogP contribution in [0.2, 0.25) is 0 Å². The van der Waals surface area contributed by atoms with E-state index in [9.17, 15) is 4.39 Å². The molecule has 0 unspecified atom stereocenters. The van der Waals surface area contributed by atoms with E-state index in [4.69, 9.17) is 0 Å². The van der Waals surface area contributed by atoms with Crippen molar-refractivity contribution >= 4 is 17.5 Å². The van der Waals surface area contributed by atoms with Crippen LogP contribution in [0.15, 0.2) is 48.7 Å². The summed E-state index contributed by atoms with van der Waals surface area (Å²) in [5.41, 5.74) is 4.53. The lowest BCUT2D eigenvalue weighted by Crippen LogP contribution is -2.47. The van der Waals surface area contributed by atoms with Crippen molar-refractivity contribution in [3.05, 3.63) is 71.2 Å². The Hall–Kier alpha value is -3.22. The number of hydrogen-bond acceptors (Lipinski definition) is 6. The molecule has 4 rings (SSSR count). The summed E-state index contributed by atoms with van der Waals surface area (Å²) in [4.78, 5) is 9.12. The number of rotatable bonds is 5. The first kappa shape index (κ1) is 19.1. The number of aryl methyl sites for hydroxylation is 1. The van der Waals surface area contributed by atoms with Gasteiger partial charge in [-0.25, -0.2) is 4.39 Å². The molecule has 0 radical (unpaired) electrons. The average molecular weight is 392 g/mol. The van der Waals surface area contributed by atoms with Gasteiger partial charge in [-0.2, -0.15) is 10.1 Å². The summed E-state index contributed by atoms with van der Waals surface area (Å²) < 4.78 is 13.8. The fourth-order valence-electron chi connectivity index (χ4n) is 3.57. The van der Waals surface area contributed by atoms with Gasteiger partial charge in [0.25, 0.3) is 0 Å². The molecule has 0 atom stereocenters. The number of aromatic nitrogens is 3. The van der Waals surface area contributed by atoms with Gasteiger partial charge in [-0.3, -0.25) is 0 Å². The maximum atomic E-state index is 13.8. The molecule has 0 bridgehead atoms. The molecule has 1 aromatic heterocycles. The van der Waals surface area contributed by atoms with E-state index in [1.165, 1.54) is 22.9 Å². The number of halogens is 1. The number of nitrogens with zero attached hydrogens (tertiary/aromatic N) is 5. The number of nitrogens with one attached hydrogen (secondary N) is 1. The third-order valence-electron chi connectivity index (χ3n) is 5.44. The molecule has 0 spiro atoms. The van der Waals surface area contributed by atoms with Crippen LogP contribution >= 0.6 is 0 Å². The van der Waals surface area contributed by atoms with Crippen LogP contribution in [0, 0.1) is 19.7 Å². The van der Waals surface area contributed by atoms with Gasteiger partial charge in [0, 0.05) is 44.0 Å². The van der Waals surface area contributed by atoms with E-state index in [-0.39, 0.29) is 5.82 Å². The van der Waals surface area contributed by atoms with Gasteiger partial charge in [0.05, 0.1) is 6.20 Å². The van der Waals surface area contributed by atoms with Gasteiger partial charge >= 0.3 is 0 Å². The molecule has 6 nitrogen and oxygen atoms in total. The molecule has 29 heavy (non-hydrogen) atoms. The Kier molecular flexibility index (Phi) is 5.55. The minimum absolute atomic E-state index is 0.232. The molecule has 1 fully saturated rings. The van der Waals surface area contributed by atoms with Crippen molar-refractivity contribution < 1.29 is 4.39 Å². The first-order valence-corrected chi connectivity index (χ1v) is 9.85. The molecule has 150 valence electrons. The zero-order valence-electron chi connectivity index (χ0n) is 16.8. The standard InChI is InChI=1S/C22H25FN6/c1-16-6-5-9-20(17(16)2)28-10-12-29(13-11-28)22-26-21(15-25-27-22)24-14-18-7-3-4-8-19(18)23/h3-9,15H,10-14H2,1-2H3,(H,24,26,27). The SMILES string of the molecule is Cc1cccc(N2CCN(c3nncc(NCc4ccccc4F)n3)CC2)c1C. The molecular formula is C22H25FN6. The largest absolute Gasteiger partial charge is 0.368 e. The Balaban J connectivity index is 1.39. The molecule has 1 aliphatic rings. The minimum Gasteiger partial charge on any atom is -0.368 e. The van der Waals surface area contributed by atoms with Gasteiger partial charge in [-0.1, -0.05) is 30.3 Å². The first-order chi connectivity index (χ1) is 14.1. The lowest BCUT2D eigenvalue weighted by atomic mass is 10.1. The van der Waals surface area contributed by atoms with Crippen molar-refractivity contribution in [2.24, 2.45) is 0 Å². The third kappa shape index (κ3) is 4.29. The zero-order chi connectivity index (χ0) is 20.2. The highest BCUT2D eigenvalue weighted by molar-refractivity contribution is 5.57. The summed E-state index contributed by atoms with van der Waals surface area (Å²) in [5.74, 6) is 0.962. The van der Waals surface area contributed by atoms with Crippen LogP contribution in [-0.2, 0) is 6.54 Å². The topological polar surface area (TPSA) is 57.2 Å². The van der Waals surface area contributed by atoms with Crippen molar-refractivity contribution in [2.75, 3.05) is 41.3 Å². The summed E-state index contributed by atoms with van der Waals surface area (Å²) in [7, 11) is 0. The summed E-state index contributed by atoms with van der Waals surface area (Å²) in [6.07, 6.45) is 1.57. The van der Waals surface area contributed by atoms with Gasteiger partial charge in [-0.15, -0.1) is 5.10 Å². The maximum Gasteiger partial charge on any atom is 0.247 e.